The number of carbonyl (C=O) groups excluding carboxylic acids is 1. The van der Waals surface area contributed by atoms with E-state index in [1.165, 1.54) is 50.5 Å². The molecule has 3 rings (SSSR count). The third-order valence-corrected chi connectivity index (χ3v) is 5.71. The van der Waals surface area contributed by atoms with Crippen LogP contribution < -0.4 is 0 Å². The molecule has 1 atom stereocenters. The average Bonchev–Trinajstić information content (AvgIpc) is 2.62. The maximum Gasteiger partial charge on any atom is 0.395 e. The summed E-state index contributed by atoms with van der Waals surface area (Å²) in [5, 5.41) is 0. The summed E-state index contributed by atoms with van der Waals surface area (Å²) in [6.45, 7) is 6.82. The maximum atomic E-state index is 12.4. The van der Waals surface area contributed by atoms with Gasteiger partial charge in [-0.05, 0) is 44.1 Å². The summed E-state index contributed by atoms with van der Waals surface area (Å²) < 4.78 is 61.7. The molecule has 2 aliphatic carbocycles. The number of halogens is 5. The van der Waals surface area contributed by atoms with Crippen LogP contribution in [-0.2, 0) is 0 Å². The van der Waals surface area contributed by atoms with Crippen LogP contribution in [0.3, 0.4) is 0 Å². The highest BCUT2D eigenvalue weighted by Gasteiger charge is 2.36. The molecule has 1 unspecified atom stereocenters. The van der Waals surface area contributed by atoms with Gasteiger partial charge in [-0.2, -0.15) is 13.2 Å². The first-order valence-corrected chi connectivity index (χ1v) is 10.4. The number of Topliss-reactive ketones (excluding diaryl/α,β-unsaturated/α-hetero) is 1. The van der Waals surface area contributed by atoms with Crippen LogP contribution in [0.5, 0.6) is 0 Å². The Labute approximate surface area is 171 Å². The Bertz CT molecular complexity index is 607. The van der Waals surface area contributed by atoms with E-state index in [9.17, 15) is 26.7 Å². The Morgan fingerprint density at radius 2 is 1.41 bits per heavy atom. The minimum atomic E-state index is -4.24. The van der Waals surface area contributed by atoms with Gasteiger partial charge in [0.05, 0.1) is 5.92 Å². The highest BCUT2D eigenvalue weighted by Crippen LogP contribution is 2.35. The van der Waals surface area contributed by atoms with Gasteiger partial charge >= 0.3 is 6.18 Å². The summed E-state index contributed by atoms with van der Waals surface area (Å²) >= 11 is 0. The summed E-state index contributed by atoms with van der Waals surface area (Å²) in [6.07, 6.45) is 1.83. The van der Waals surface area contributed by atoms with Crippen LogP contribution in [0.1, 0.15) is 94.5 Å². The molecule has 2 saturated carbocycles. The number of ketones is 1. The molecule has 1 aromatic rings. The number of carbonyl (C=O) groups is 1. The van der Waals surface area contributed by atoms with Crippen molar-refractivity contribution in [3.8, 4) is 0 Å². The normalized spacial score (nSPS) is 20.3. The van der Waals surface area contributed by atoms with Crippen LogP contribution in [0, 0.1) is 11.8 Å². The fourth-order valence-electron chi connectivity index (χ4n) is 2.99. The second-order valence-electron chi connectivity index (χ2n) is 8.52. The molecule has 0 aromatic heterocycles. The lowest BCUT2D eigenvalue weighted by molar-refractivity contribution is -0.146. The number of benzene rings is 1. The Balaban J connectivity index is 0.000000251. The molecule has 1 aromatic carbocycles. The van der Waals surface area contributed by atoms with Crippen molar-refractivity contribution in [2.45, 2.75) is 90.7 Å². The molecule has 166 valence electrons. The summed E-state index contributed by atoms with van der Waals surface area (Å²) in [5.74, 6) is -2.41. The molecule has 2 fully saturated rings. The SMILES string of the molecule is CC(=O)c1ccc(C(C)C(F)(F)F)cc1.CC1CCC(F)(F)CC1.CC1CCC1. The molecule has 0 heterocycles. The van der Waals surface area contributed by atoms with Gasteiger partial charge in [0.15, 0.2) is 5.78 Å². The van der Waals surface area contributed by atoms with E-state index >= 15 is 0 Å². The first kappa shape index (κ1) is 25.6. The molecule has 0 N–H and O–H groups in total. The number of alkyl halides is 5. The minimum absolute atomic E-state index is 0.105. The minimum Gasteiger partial charge on any atom is -0.295 e. The largest absolute Gasteiger partial charge is 0.395 e. The van der Waals surface area contributed by atoms with Crippen molar-refractivity contribution in [2.24, 2.45) is 11.8 Å². The zero-order valence-electron chi connectivity index (χ0n) is 17.8. The van der Waals surface area contributed by atoms with Gasteiger partial charge < -0.3 is 0 Å². The van der Waals surface area contributed by atoms with E-state index in [2.05, 4.69) is 6.92 Å². The maximum absolute atomic E-state index is 12.4. The van der Waals surface area contributed by atoms with E-state index in [-0.39, 0.29) is 24.2 Å². The second kappa shape index (κ2) is 11.1. The summed E-state index contributed by atoms with van der Waals surface area (Å²) in [6, 6.07) is 5.52. The van der Waals surface area contributed by atoms with E-state index in [1.807, 2.05) is 6.92 Å². The number of hydrogen-bond donors (Lipinski definition) is 0. The van der Waals surface area contributed by atoms with Gasteiger partial charge in [0.2, 0.25) is 5.92 Å². The van der Waals surface area contributed by atoms with E-state index in [4.69, 9.17) is 0 Å². The number of hydrogen-bond acceptors (Lipinski definition) is 1. The Kier molecular flexibility index (Phi) is 9.77. The molecule has 0 bridgehead atoms. The second-order valence-corrected chi connectivity index (χ2v) is 8.52. The molecule has 0 spiro atoms. The monoisotopic (exact) mass is 420 g/mol. The average molecular weight is 421 g/mol. The Morgan fingerprint density at radius 3 is 1.69 bits per heavy atom. The quantitative estimate of drug-likeness (QED) is 0.348. The molecule has 0 saturated heterocycles. The highest BCUT2D eigenvalue weighted by molar-refractivity contribution is 5.94. The zero-order chi connectivity index (χ0) is 22.2. The summed E-state index contributed by atoms with van der Waals surface area (Å²) in [7, 11) is 0. The van der Waals surface area contributed by atoms with E-state index in [0.717, 1.165) is 12.8 Å². The number of rotatable bonds is 2. The predicted molar refractivity (Wildman–Crippen MR) is 107 cm³/mol. The third kappa shape index (κ3) is 9.72. The van der Waals surface area contributed by atoms with Gasteiger partial charge in [0.1, 0.15) is 0 Å². The van der Waals surface area contributed by atoms with Crippen LogP contribution in [0.2, 0.25) is 0 Å². The van der Waals surface area contributed by atoms with Crippen molar-refractivity contribution < 1.29 is 26.7 Å². The van der Waals surface area contributed by atoms with Crippen molar-refractivity contribution >= 4 is 5.78 Å². The fraction of sp³-hybridized carbons (Fsp3) is 0.696. The van der Waals surface area contributed by atoms with Crippen LogP contribution in [0.25, 0.3) is 0 Å². The van der Waals surface area contributed by atoms with Crippen molar-refractivity contribution in [2.75, 3.05) is 0 Å². The van der Waals surface area contributed by atoms with Crippen LogP contribution in [-0.4, -0.2) is 17.9 Å². The summed E-state index contributed by atoms with van der Waals surface area (Å²) in [4.78, 5) is 10.9. The van der Waals surface area contributed by atoms with Crippen molar-refractivity contribution in [3.63, 3.8) is 0 Å². The fourth-order valence-corrected chi connectivity index (χ4v) is 2.99. The molecule has 0 amide bonds. The lowest BCUT2D eigenvalue weighted by Crippen LogP contribution is -2.23. The smallest absolute Gasteiger partial charge is 0.295 e. The van der Waals surface area contributed by atoms with E-state index in [1.54, 1.807) is 0 Å². The van der Waals surface area contributed by atoms with Crippen LogP contribution in [0.15, 0.2) is 24.3 Å². The van der Waals surface area contributed by atoms with Gasteiger partial charge in [0, 0.05) is 18.4 Å². The summed E-state index contributed by atoms with van der Waals surface area (Å²) in [5.41, 5.74) is 0.598. The Hall–Kier alpha value is -1.46. The lowest BCUT2D eigenvalue weighted by Gasteiger charge is -2.25. The topological polar surface area (TPSA) is 17.1 Å². The van der Waals surface area contributed by atoms with Crippen molar-refractivity contribution in [1.29, 1.82) is 0 Å². The van der Waals surface area contributed by atoms with E-state index < -0.39 is 18.0 Å². The van der Waals surface area contributed by atoms with Gasteiger partial charge in [-0.25, -0.2) is 8.78 Å². The lowest BCUT2D eigenvalue weighted by atomic mass is 9.88. The molecular formula is C23H33F5O. The van der Waals surface area contributed by atoms with Crippen molar-refractivity contribution in [1.82, 2.24) is 0 Å². The zero-order valence-corrected chi connectivity index (χ0v) is 17.8. The van der Waals surface area contributed by atoms with Gasteiger partial charge in [-0.1, -0.05) is 57.4 Å². The highest BCUT2D eigenvalue weighted by atomic mass is 19.4. The molecule has 6 heteroatoms. The predicted octanol–water partition coefficient (Wildman–Crippen LogP) is 8.19. The van der Waals surface area contributed by atoms with Gasteiger partial charge in [-0.3, -0.25) is 4.79 Å². The first-order chi connectivity index (χ1) is 13.3. The van der Waals surface area contributed by atoms with Gasteiger partial charge in [0.25, 0.3) is 0 Å². The first-order valence-electron chi connectivity index (χ1n) is 10.4. The third-order valence-electron chi connectivity index (χ3n) is 5.71. The standard InChI is InChI=1S/C11H11F3O.C7H12F2.C5H10/c1-7(11(12,13)14)9-3-5-10(6-4-9)8(2)15;1-6-2-4-7(8,9)5-3-6;1-5-3-2-4-5/h3-7H,1-2H3;6H,2-5H2,1H3;5H,2-4H2,1H3. The molecule has 29 heavy (non-hydrogen) atoms. The van der Waals surface area contributed by atoms with Crippen LogP contribution >= 0.6 is 0 Å². The van der Waals surface area contributed by atoms with Crippen molar-refractivity contribution in [3.05, 3.63) is 35.4 Å². The molecule has 1 nitrogen and oxygen atoms in total. The van der Waals surface area contributed by atoms with Crippen LogP contribution in [0.4, 0.5) is 22.0 Å². The molecular weight excluding hydrogens is 387 g/mol. The Morgan fingerprint density at radius 1 is 0.966 bits per heavy atom. The molecule has 0 aliphatic heterocycles. The molecule has 2 aliphatic rings. The molecule has 0 radical (unpaired) electrons. The van der Waals surface area contributed by atoms with E-state index in [0.29, 0.717) is 24.3 Å². The van der Waals surface area contributed by atoms with Gasteiger partial charge in [-0.15, -0.1) is 0 Å².